The van der Waals surface area contributed by atoms with Gasteiger partial charge in [0.05, 0.1) is 0 Å². The first-order chi connectivity index (χ1) is 4.20. The average Bonchev–Trinajstić information content (AvgIpc) is 2.43. The van der Waals surface area contributed by atoms with Gasteiger partial charge in [0.1, 0.15) is 4.33 Å². The second-order valence-electron chi connectivity index (χ2n) is 3.26. The molecule has 0 bridgehead atoms. The summed E-state index contributed by atoms with van der Waals surface area (Å²) >= 11 is 12.1. The van der Waals surface area contributed by atoms with Crippen molar-refractivity contribution in [2.45, 2.75) is 30.0 Å². The molecule has 0 spiro atoms. The standard InChI is InChI=1S/C7H10Cl2/c8-7(9)3-1-2-5-4-6(5)7/h5-6H,1-4H2. The van der Waals surface area contributed by atoms with Crippen LogP contribution in [0.5, 0.6) is 0 Å². The van der Waals surface area contributed by atoms with Crippen molar-refractivity contribution in [2.75, 3.05) is 0 Å². The first-order valence-electron chi connectivity index (χ1n) is 3.58. The Morgan fingerprint density at radius 2 is 2.11 bits per heavy atom. The molecule has 2 aliphatic carbocycles. The third-order valence-electron chi connectivity index (χ3n) is 2.55. The third kappa shape index (κ3) is 0.969. The van der Waals surface area contributed by atoms with Crippen molar-refractivity contribution in [3.63, 3.8) is 0 Å². The zero-order valence-electron chi connectivity index (χ0n) is 5.24. The van der Waals surface area contributed by atoms with Crippen molar-refractivity contribution in [3.8, 4) is 0 Å². The summed E-state index contributed by atoms with van der Waals surface area (Å²) in [7, 11) is 0. The topological polar surface area (TPSA) is 0 Å². The second kappa shape index (κ2) is 1.79. The molecule has 0 aliphatic heterocycles. The van der Waals surface area contributed by atoms with Crippen molar-refractivity contribution >= 4 is 23.2 Å². The summed E-state index contributed by atoms with van der Waals surface area (Å²) in [5, 5.41) is 0. The van der Waals surface area contributed by atoms with Gasteiger partial charge in [0.15, 0.2) is 0 Å². The van der Waals surface area contributed by atoms with Gasteiger partial charge >= 0.3 is 0 Å². The number of rotatable bonds is 0. The van der Waals surface area contributed by atoms with Gasteiger partial charge in [0, 0.05) is 0 Å². The first-order valence-corrected chi connectivity index (χ1v) is 4.33. The molecule has 0 radical (unpaired) electrons. The fourth-order valence-corrected chi connectivity index (χ4v) is 2.67. The van der Waals surface area contributed by atoms with Crippen molar-refractivity contribution in [1.82, 2.24) is 0 Å². The van der Waals surface area contributed by atoms with Crippen LogP contribution in [0.25, 0.3) is 0 Å². The molecule has 2 rings (SSSR count). The molecule has 0 N–H and O–H groups in total. The molecule has 0 heterocycles. The molecule has 0 nitrogen and oxygen atoms in total. The smallest absolute Gasteiger partial charge is 0.101 e. The van der Waals surface area contributed by atoms with Crippen LogP contribution in [0, 0.1) is 11.8 Å². The maximum Gasteiger partial charge on any atom is 0.121 e. The molecule has 0 aromatic carbocycles. The number of hydrogen-bond donors (Lipinski definition) is 0. The molecule has 2 unspecified atom stereocenters. The van der Waals surface area contributed by atoms with Crippen LogP contribution in [0.2, 0.25) is 0 Å². The molecule has 2 aliphatic rings. The molecular weight excluding hydrogens is 155 g/mol. The summed E-state index contributed by atoms with van der Waals surface area (Å²) in [6, 6.07) is 0. The van der Waals surface area contributed by atoms with E-state index in [1.54, 1.807) is 0 Å². The largest absolute Gasteiger partial charge is 0.121 e. The normalized spacial score (nSPS) is 46.0. The molecule has 2 heteroatoms. The predicted molar refractivity (Wildman–Crippen MR) is 39.9 cm³/mol. The summed E-state index contributed by atoms with van der Waals surface area (Å²) in [4.78, 5) is 0. The van der Waals surface area contributed by atoms with E-state index >= 15 is 0 Å². The fraction of sp³-hybridized carbons (Fsp3) is 1.00. The van der Waals surface area contributed by atoms with Crippen LogP contribution < -0.4 is 0 Å². The van der Waals surface area contributed by atoms with Gasteiger partial charge < -0.3 is 0 Å². The van der Waals surface area contributed by atoms with Gasteiger partial charge in [-0.1, -0.05) is 6.42 Å². The lowest BCUT2D eigenvalue weighted by Crippen LogP contribution is -2.20. The summed E-state index contributed by atoms with van der Waals surface area (Å²) < 4.78 is -0.344. The van der Waals surface area contributed by atoms with E-state index in [0.717, 1.165) is 12.3 Å². The van der Waals surface area contributed by atoms with E-state index in [1.165, 1.54) is 19.3 Å². The number of fused-ring (bicyclic) bond motifs is 1. The Morgan fingerprint density at radius 3 is 2.67 bits per heavy atom. The Morgan fingerprint density at radius 1 is 1.33 bits per heavy atom. The molecule has 52 valence electrons. The quantitative estimate of drug-likeness (QED) is 0.484. The van der Waals surface area contributed by atoms with Crippen LogP contribution in [-0.2, 0) is 0 Å². The molecular formula is C7H10Cl2. The van der Waals surface area contributed by atoms with Gasteiger partial charge in [0.25, 0.3) is 0 Å². The highest BCUT2D eigenvalue weighted by Gasteiger charge is 2.52. The van der Waals surface area contributed by atoms with Crippen LogP contribution in [0.15, 0.2) is 0 Å². The Hall–Kier alpha value is 0.580. The lowest BCUT2D eigenvalue weighted by molar-refractivity contribution is 0.455. The Bertz CT molecular complexity index is 131. The lowest BCUT2D eigenvalue weighted by Gasteiger charge is -2.23. The van der Waals surface area contributed by atoms with E-state index in [1.807, 2.05) is 0 Å². The molecule has 9 heavy (non-hydrogen) atoms. The molecule has 0 aromatic rings. The highest BCUT2D eigenvalue weighted by molar-refractivity contribution is 6.48. The van der Waals surface area contributed by atoms with E-state index < -0.39 is 0 Å². The highest BCUT2D eigenvalue weighted by atomic mass is 35.5. The zero-order chi connectivity index (χ0) is 6.48. The van der Waals surface area contributed by atoms with Crippen molar-refractivity contribution in [2.24, 2.45) is 11.8 Å². The van der Waals surface area contributed by atoms with Crippen LogP contribution in [-0.4, -0.2) is 4.33 Å². The second-order valence-corrected chi connectivity index (χ2v) is 4.80. The number of alkyl halides is 2. The van der Waals surface area contributed by atoms with Crippen LogP contribution in [0.4, 0.5) is 0 Å². The van der Waals surface area contributed by atoms with Gasteiger partial charge in [-0.25, -0.2) is 0 Å². The molecule has 2 saturated carbocycles. The maximum atomic E-state index is 6.03. The van der Waals surface area contributed by atoms with Gasteiger partial charge in [-0.15, -0.1) is 23.2 Å². The minimum Gasteiger partial charge on any atom is -0.101 e. The Labute approximate surface area is 65.5 Å². The Balaban J connectivity index is 2.09. The van der Waals surface area contributed by atoms with Crippen molar-refractivity contribution in [1.29, 1.82) is 0 Å². The highest BCUT2D eigenvalue weighted by Crippen LogP contribution is 2.59. The average molecular weight is 165 g/mol. The van der Waals surface area contributed by atoms with Gasteiger partial charge in [-0.2, -0.15) is 0 Å². The summed E-state index contributed by atoms with van der Waals surface area (Å²) in [6.07, 6.45) is 4.89. The van der Waals surface area contributed by atoms with E-state index in [4.69, 9.17) is 23.2 Å². The number of hydrogen-bond acceptors (Lipinski definition) is 0. The van der Waals surface area contributed by atoms with E-state index in [2.05, 4.69) is 0 Å². The molecule has 0 aromatic heterocycles. The maximum absolute atomic E-state index is 6.03. The van der Waals surface area contributed by atoms with E-state index in [9.17, 15) is 0 Å². The zero-order valence-corrected chi connectivity index (χ0v) is 6.75. The minimum absolute atomic E-state index is 0.344. The van der Waals surface area contributed by atoms with Crippen molar-refractivity contribution < 1.29 is 0 Å². The fourth-order valence-electron chi connectivity index (χ4n) is 1.87. The summed E-state index contributed by atoms with van der Waals surface area (Å²) in [5.41, 5.74) is 0. The van der Waals surface area contributed by atoms with Crippen LogP contribution >= 0.6 is 23.2 Å². The SMILES string of the molecule is ClC1(Cl)CCCC2CC21. The van der Waals surface area contributed by atoms with E-state index in [0.29, 0.717) is 5.92 Å². The summed E-state index contributed by atoms with van der Waals surface area (Å²) in [5.74, 6) is 1.53. The minimum atomic E-state index is -0.344. The van der Waals surface area contributed by atoms with Gasteiger partial charge in [-0.05, 0) is 31.1 Å². The van der Waals surface area contributed by atoms with Crippen LogP contribution in [0.3, 0.4) is 0 Å². The van der Waals surface area contributed by atoms with Gasteiger partial charge in [0.2, 0.25) is 0 Å². The van der Waals surface area contributed by atoms with Crippen molar-refractivity contribution in [3.05, 3.63) is 0 Å². The first kappa shape index (κ1) is 6.30. The van der Waals surface area contributed by atoms with Gasteiger partial charge in [-0.3, -0.25) is 0 Å². The Kier molecular flexibility index (Phi) is 1.26. The molecule has 0 amide bonds. The van der Waals surface area contributed by atoms with E-state index in [-0.39, 0.29) is 4.33 Å². The molecule has 2 atom stereocenters. The lowest BCUT2D eigenvalue weighted by atomic mass is 10.00. The third-order valence-corrected chi connectivity index (χ3v) is 3.49. The molecule has 2 fully saturated rings. The predicted octanol–water partition coefficient (Wildman–Crippen LogP) is 2.98. The summed E-state index contributed by atoms with van der Waals surface area (Å²) in [6.45, 7) is 0. The number of halogens is 2. The van der Waals surface area contributed by atoms with Crippen LogP contribution in [0.1, 0.15) is 25.7 Å². The molecule has 0 saturated heterocycles. The monoisotopic (exact) mass is 164 g/mol.